The van der Waals surface area contributed by atoms with Crippen LogP contribution in [0.5, 0.6) is 11.5 Å². The average Bonchev–Trinajstić information content (AvgIpc) is 3.49. The minimum absolute atomic E-state index is 0.0347. The zero-order chi connectivity index (χ0) is 34.4. The molecule has 258 valence electrons. The molecule has 3 unspecified atom stereocenters. The Kier molecular flexibility index (Phi) is 10.2. The van der Waals surface area contributed by atoms with Crippen molar-refractivity contribution in [2.75, 3.05) is 25.5 Å². The average molecular weight is 828 g/mol. The van der Waals surface area contributed by atoms with Gasteiger partial charge in [0.2, 0.25) is 0 Å². The van der Waals surface area contributed by atoms with Gasteiger partial charge in [0, 0.05) is 0 Å². The standard InChI is InChI=1S/C34H40N2O8S2Se2/c1-5-43-26-8-10-30-28(20-26)35(13-7-15-45(37,38)39)32(47-30)18-24-16-22(3)17-25(23(24)4)19-34-36(14-12-33(36)46(40,41)42)29-21-27(44-6-2)9-11-31(29)48-34/h8-11,18-22,33H,5-7,12-17H2,1-4H3/p+1. The summed E-state index contributed by atoms with van der Waals surface area (Å²) in [6.45, 7) is 10.2. The number of hydrogen-bond donors (Lipinski definition) is 1. The number of rotatable bonds is 11. The van der Waals surface area contributed by atoms with E-state index in [9.17, 15) is 25.9 Å². The fourth-order valence-corrected chi connectivity index (χ4v) is 14.1. The van der Waals surface area contributed by atoms with E-state index in [1.807, 2.05) is 44.2 Å². The van der Waals surface area contributed by atoms with Crippen molar-refractivity contribution in [3.63, 3.8) is 0 Å². The number of quaternary nitrogens is 1. The molecule has 2 aliphatic heterocycles. The van der Waals surface area contributed by atoms with Gasteiger partial charge in [-0.2, -0.15) is 0 Å². The number of benzene rings is 2. The van der Waals surface area contributed by atoms with Gasteiger partial charge in [-0.25, -0.2) is 0 Å². The summed E-state index contributed by atoms with van der Waals surface area (Å²) in [6, 6.07) is 12.0. The van der Waals surface area contributed by atoms with E-state index in [0.717, 1.165) is 49.0 Å². The molecule has 0 amide bonds. The van der Waals surface area contributed by atoms with E-state index in [4.69, 9.17) is 9.47 Å². The summed E-state index contributed by atoms with van der Waals surface area (Å²) in [6.07, 6.45) is 6.79. The molecule has 14 heteroatoms. The summed E-state index contributed by atoms with van der Waals surface area (Å²) in [5, 5.41) is -0.941. The fourth-order valence-electron chi connectivity index (χ4n) is 7.05. The molecule has 48 heavy (non-hydrogen) atoms. The van der Waals surface area contributed by atoms with Crippen molar-refractivity contribution < 1.29 is 40.0 Å². The van der Waals surface area contributed by atoms with Crippen LogP contribution in [0.1, 0.15) is 57.9 Å². The number of aryl methyl sites for hydroxylation is 1. The summed E-state index contributed by atoms with van der Waals surface area (Å²) in [5.74, 6) is 1.36. The van der Waals surface area contributed by atoms with Crippen LogP contribution in [0.3, 0.4) is 0 Å². The van der Waals surface area contributed by atoms with Gasteiger partial charge in [0.1, 0.15) is 0 Å². The number of aromatic nitrogens is 1. The Morgan fingerprint density at radius 2 is 1.75 bits per heavy atom. The molecule has 2 aromatic carbocycles. The first-order valence-electron chi connectivity index (χ1n) is 16.2. The van der Waals surface area contributed by atoms with Crippen molar-refractivity contribution in [3.8, 4) is 11.5 Å². The molecule has 0 radical (unpaired) electrons. The van der Waals surface area contributed by atoms with Crippen molar-refractivity contribution in [2.24, 2.45) is 5.92 Å². The van der Waals surface area contributed by atoms with Crippen LogP contribution >= 0.6 is 0 Å². The van der Waals surface area contributed by atoms with Crippen molar-refractivity contribution in [1.29, 1.82) is 0 Å². The third kappa shape index (κ3) is 7.02. The molecule has 6 rings (SSSR count). The molecule has 1 spiro atoms. The Bertz CT molecular complexity index is 2070. The summed E-state index contributed by atoms with van der Waals surface area (Å²) in [5.41, 5.74) is 5.41. The second kappa shape index (κ2) is 13.8. The van der Waals surface area contributed by atoms with Gasteiger partial charge in [0.05, 0.1) is 0 Å². The Labute approximate surface area is 295 Å². The van der Waals surface area contributed by atoms with Gasteiger partial charge in [0.25, 0.3) is 0 Å². The van der Waals surface area contributed by atoms with Crippen LogP contribution < -0.4 is 23.0 Å². The monoisotopic (exact) mass is 829 g/mol. The summed E-state index contributed by atoms with van der Waals surface area (Å²) >= 11 is -0.170. The zero-order valence-electron chi connectivity index (χ0n) is 27.5. The Morgan fingerprint density at radius 3 is 2.40 bits per heavy atom. The molecule has 10 nitrogen and oxygen atoms in total. The quantitative estimate of drug-likeness (QED) is 0.134. The van der Waals surface area contributed by atoms with Crippen molar-refractivity contribution in [3.05, 3.63) is 68.4 Å². The van der Waals surface area contributed by atoms with Gasteiger partial charge >= 0.3 is 297 Å². The van der Waals surface area contributed by atoms with E-state index >= 15 is 0 Å². The molecule has 1 fully saturated rings. The molecule has 1 aliphatic carbocycles. The van der Waals surface area contributed by atoms with Gasteiger partial charge in [-0.05, 0) is 0 Å². The third-order valence-corrected chi connectivity index (χ3v) is 16.3. The second-order valence-electron chi connectivity index (χ2n) is 12.6. The number of fused-ring (bicyclic) bond motifs is 3. The van der Waals surface area contributed by atoms with Crippen LogP contribution in [-0.4, -0.2) is 86.3 Å². The van der Waals surface area contributed by atoms with Gasteiger partial charge in [-0.15, -0.1) is 0 Å². The number of hydrogen-bond acceptors (Lipinski definition) is 7. The van der Waals surface area contributed by atoms with Gasteiger partial charge in [-0.3, -0.25) is 0 Å². The molecule has 1 N–H and O–H groups in total. The molecule has 0 bridgehead atoms. The molecule has 1 saturated heterocycles. The number of nitrogens with zero attached hydrogens (tertiary/aromatic N) is 2. The zero-order valence-corrected chi connectivity index (χ0v) is 32.5. The van der Waals surface area contributed by atoms with E-state index < -0.39 is 31.4 Å². The predicted octanol–water partition coefficient (Wildman–Crippen LogP) is 3.86. The van der Waals surface area contributed by atoms with E-state index in [2.05, 4.69) is 36.6 Å². The van der Waals surface area contributed by atoms with Crippen LogP contribution in [0.4, 0.5) is 5.69 Å². The molecule has 3 aromatic rings. The third-order valence-electron chi connectivity index (χ3n) is 9.33. The van der Waals surface area contributed by atoms with Gasteiger partial charge < -0.3 is 0 Å². The molecule has 3 atom stereocenters. The minimum atomic E-state index is -4.33. The Morgan fingerprint density at radius 1 is 1.04 bits per heavy atom. The predicted molar refractivity (Wildman–Crippen MR) is 188 cm³/mol. The Hall–Kier alpha value is -2.25. The van der Waals surface area contributed by atoms with E-state index in [1.165, 1.54) is 15.4 Å². The molecule has 0 saturated carbocycles. The van der Waals surface area contributed by atoms with Crippen LogP contribution in [-0.2, 0) is 26.8 Å². The molecule has 3 aliphatic rings. The van der Waals surface area contributed by atoms with Gasteiger partial charge in [0.15, 0.2) is 0 Å². The van der Waals surface area contributed by atoms with Crippen molar-refractivity contribution >= 4 is 75.7 Å². The van der Waals surface area contributed by atoms with Crippen LogP contribution in [0.15, 0.2) is 63.8 Å². The van der Waals surface area contributed by atoms with Crippen LogP contribution in [0.25, 0.3) is 15.9 Å². The molecule has 3 heterocycles. The summed E-state index contributed by atoms with van der Waals surface area (Å²) < 4.78 is 88.3. The van der Waals surface area contributed by atoms with E-state index in [-0.39, 0.29) is 40.4 Å². The SMILES string of the molecule is CCOc1ccc2c(c1)[N+]1(CCC1S(=O)(=O)O)C(=CC1=C(C)C(=Cc3[se]c4ccc(OCC)cc4[n+]3CCCS(=O)(=O)[O-])CC(C)C1)[Se]2. The van der Waals surface area contributed by atoms with Crippen LogP contribution in [0.2, 0.25) is 0 Å². The molecular formula is C34H41N2O8S2Se2+. The van der Waals surface area contributed by atoms with E-state index in [1.54, 1.807) is 0 Å². The first kappa shape index (κ1) is 35.6. The topological polar surface area (TPSA) is 134 Å². The fraction of sp³-hybridized carbons (Fsp3) is 0.441. The molecule has 1 aromatic heterocycles. The molecular weight excluding hydrogens is 786 g/mol. The number of allylic oxidation sites excluding steroid dienone is 4. The number of ether oxygens (including phenoxy) is 2. The first-order chi connectivity index (χ1) is 22.7. The maximum atomic E-state index is 12.7. The normalized spacial score (nSPS) is 24.5. The summed E-state index contributed by atoms with van der Waals surface area (Å²) in [4.78, 5) is 0. The van der Waals surface area contributed by atoms with Gasteiger partial charge in [-0.1, -0.05) is 0 Å². The Balaban J connectivity index is 1.44. The van der Waals surface area contributed by atoms with E-state index in [0.29, 0.717) is 44.4 Å². The maximum absolute atomic E-state index is 12.7. The second-order valence-corrected chi connectivity index (χ2v) is 20.2. The van der Waals surface area contributed by atoms with Crippen molar-refractivity contribution in [2.45, 2.75) is 65.3 Å². The first-order valence-corrected chi connectivity index (χ1v) is 22.7. The van der Waals surface area contributed by atoms with Crippen molar-refractivity contribution in [1.82, 2.24) is 4.48 Å². The summed E-state index contributed by atoms with van der Waals surface area (Å²) in [7, 11) is -8.64. The van der Waals surface area contributed by atoms with Crippen LogP contribution in [0, 0.1) is 5.92 Å².